The van der Waals surface area contributed by atoms with Gasteiger partial charge in [-0.2, -0.15) is 0 Å². The van der Waals surface area contributed by atoms with Gasteiger partial charge in [0.25, 0.3) is 0 Å². The summed E-state index contributed by atoms with van der Waals surface area (Å²) in [5.41, 5.74) is 0. The average Bonchev–Trinajstić information content (AvgIpc) is 2.21. The molecule has 0 aromatic heterocycles. The lowest BCUT2D eigenvalue weighted by atomic mass is 10.1. The molecule has 0 bridgehead atoms. The average molecular weight is 214 g/mol. The second kappa shape index (κ2) is 9.17. The van der Waals surface area contributed by atoms with Crippen molar-refractivity contribution in [1.29, 1.82) is 0 Å². The van der Waals surface area contributed by atoms with Crippen molar-refractivity contribution in [2.45, 2.75) is 71.6 Å². The minimum absolute atomic E-state index is 0.303. The fraction of sp³-hybridized carbons (Fsp3) is 0.923. The van der Waals surface area contributed by atoms with Crippen molar-refractivity contribution in [3.8, 4) is 0 Å². The molecule has 0 aliphatic rings. The van der Waals surface area contributed by atoms with Crippen molar-refractivity contribution in [2.75, 3.05) is 6.54 Å². The number of hydrogen-bond donors (Lipinski definition) is 1. The van der Waals surface area contributed by atoms with Crippen LogP contribution in [0.2, 0.25) is 0 Å². The second-order valence-corrected chi connectivity index (χ2v) is 4.33. The van der Waals surface area contributed by atoms with Gasteiger partial charge >= 0.3 is 0 Å². The van der Waals surface area contributed by atoms with E-state index in [9.17, 15) is 0 Å². The Morgan fingerprint density at radius 3 is 2.33 bits per heavy atom. The van der Waals surface area contributed by atoms with Crippen molar-refractivity contribution in [3.63, 3.8) is 0 Å². The van der Waals surface area contributed by atoms with E-state index in [-0.39, 0.29) is 0 Å². The summed E-state index contributed by atoms with van der Waals surface area (Å²) >= 11 is 0. The van der Waals surface area contributed by atoms with E-state index in [4.69, 9.17) is 4.74 Å². The quantitative estimate of drug-likeness (QED) is 0.595. The largest absolute Gasteiger partial charge is 0.374 e. The molecule has 0 spiro atoms. The molecule has 2 unspecified atom stereocenters. The van der Waals surface area contributed by atoms with Gasteiger partial charge in [0.1, 0.15) is 0 Å². The van der Waals surface area contributed by atoms with Crippen molar-refractivity contribution in [1.82, 2.24) is 5.32 Å². The van der Waals surface area contributed by atoms with E-state index in [2.05, 4.69) is 39.9 Å². The fourth-order valence-corrected chi connectivity index (χ4v) is 1.71. The Morgan fingerprint density at radius 2 is 1.93 bits per heavy atom. The topological polar surface area (TPSA) is 21.3 Å². The van der Waals surface area contributed by atoms with Gasteiger partial charge in [-0.25, -0.2) is 0 Å². The molecule has 91 valence electrons. The van der Waals surface area contributed by atoms with Gasteiger partial charge in [-0.05, 0) is 39.7 Å². The van der Waals surface area contributed by atoms with Gasteiger partial charge in [-0.1, -0.05) is 27.2 Å². The summed E-state index contributed by atoms with van der Waals surface area (Å²) in [6, 6.07) is 0.406. The molecule has 0 fully saturated rings. The molecular weight excluding hydrogens is 186 g/mol. The molecule has 0 heterocycles. The summed E-state index contributed by atoms with van der Waals surface area (Å²) in [7, 11) is 0. The Morgan fingerprint density at radius 1 is 1.27 bits per heavy atom. The summed E-state index contributed by atoms with van der Waals surface area (Å²) in [5.74, 6) is 0. The van der Waals surface area contributed by atoms with Crippen LogP contribution in [0.1, 0.15) is 53.4 Å². The van der Waals surface area contributed by atoms with Crippen molar-refractivity contribution >= 4 is 0 Å². The van der Waals surface area contributed by atoms with Gasteiger partial charge in [-0.3, -0.25) is 0 Å². The van der Waals surface area contributed by atoms with Crippen molar-refractivity contribution < 1.29 is 4.74 Å². The molecule has 2 atom stereocenters. The minimum atomic E-state index is 0.303. The van der Waals surface area contributed by atoms with Gasteiger partial charge in [-0.15, -0.1) is 0 Å². The molecule has 0 aliphatic heterocycles. The van der Waals surface area contributed by atoms with Crippen LogP contribution in [0.25, 0.3) is 0 Å². The molecule has 0 aromatic carbocycles. The molecule has 2 nitrogen and oxygen atoms in total. The van der Waals surface area contributed by atoms with E-state index in [1.165, 1.54) is 12.8 Å². The molecule has 0 rings (SSSR count). The molecule has 0 amide bonds. The zero-order valence-electron chi connectivity index (χ0n) is 10.9. The number of ether oxygens (including phenoxy) is 1. The molecule has 1 N–H and O–H groups in total. The lowest BCUT2D eigenvalue weighted by Gasteiger charge is -2.28. The van der Waals surface area contributed by atoms with E-state index in [0.29, 0.717) is 18.2 Å². The summed E-state index contributed by atoms with van der Waals surface area (Å²) in [4.78, 5) is 0. The Labute approximate surface area is 95.8 Å². The summed E-state index contributed by atoms with van der Waals surface area (Å²) in [6.45, 7) is 13.6. The monoisotopic (exact) mass is 214 g/mol. The Bertz CT molecular complexity index is 136. The zero-order chi connectivity index (χ0) is 11.7. The van der Waals surface area contributed by atoms with Gasteiger partial charge < -0.3 is 10.1 Å². The Kier molecular flexibility index (Phi) is 9.12. The summed E-state index contributed by atoms with van der Waals surface area (Å²) in [6.07, 6.45) is 5.02. The van der Waals surface area contributed by atoms with Gasteiger partial charge in [0, 0.05) is 6.04 Å². The molecule has 0 aromatic rings. The number of rotatable bonds is 9. The van der Waals surface area contributed by atoms with Crippen LogP contribution in [0.4, 0.5) is 0 Å². The van der Waals surface area contributed by atoms with E-state index in [0.717, 1.165) is 19.4 Å². The van der Waals surface area contributed by atoms with E-state index in [1.807, 2.05) is 0 Å². The first kappa shape index (κ1) is 14.9. The molecular formula is C13H28NO. The van der Waals surface area contributed by atoms with Crippen molar-refractivity contribution in [3.05, 3.63) is 6.92 Å². The first-order valence-electron chi connectivity index (χ1n) is 6.33. The molecule has 0 saturated carbocycles. The zero-order valence-corrected chi connectivity index (χ0v) is 10.9. The predicted molar refractivity (Wildman–Crippen MR) is 67.0 cm³/mol. The third kappa shape index (κ3) is 6.91. The smallest absolute Gasteiger partial charge is 0.0728 e. The van der Waals surface area contributed by atoms with Crippen LogP contribution in [-0.4, -0.2) is 24.8 Å². The lowest BCUT2D eigenvalue weighted by molar-refractivity contribution is -0.0154. The van der Waals surface area contributed by atoms with Crippen LogP contribution >= 0.6 is 0 Å². The van der Waals surface area contributed by atoms with Crippen LogP contribution in [0.5, 0.6) is 0 Å². The predicted octanol–water partition coefficient (Wildman–Crippen LogP) is 3.17. The lowest BCUT2D eigenvalue weighted by Crippen LogP contribution is -2.42. The Balaban J connectivity index is 3.96. The molecule has 0 aliphatic carbocycles. The van der Waals surface area contributed by atoms with Crippen LogP contribution in [-0.2, 0) is 4.74 Å². The molecule has 0 saturated heterocycles. The number of nitrogens with one attached hydrogen (secondary N) is 1. The Hall–Kier alpha value is -0.0800. The maximum atomic E-state index is 5.88. The SMILES string of the molecule is [CH2]CC(NCCCC)C(CC)OC(C)C. The minimum Gasteiger partial charge on any atom is -0.374 e. The number of unbranched alkanes of at least 4 members (excludes halogenated alkanes) is 1. The first-order chi connectivity index (χ1) is 7.15. The third-order valence-electron chi connectivity index (χ3n) is 2.55. The summed E-state index contributed by atoms with van der Waals surface area (Å²) < 4.78 is 5.88. The van der Waals surface area contributed by atoms with Crippen LogP contribution < -0.4 is 5.32 Å². The van der Waals surface area contributed by atoms with Crippen LogP contribution in [0.3, 0.4) is 0 Å². The van der Waals surface area contributed by atoms with Crippen LogP contribution in [0, 0.1) is 6.92 Å². The van der Waals surface area contributed by atoms with E-state index in [1.54, 1.807) is 0 Å². The first-order valence-corrected chi connectivity index (χ1v) is 6.33. The fourth-order valence-electron chi connectivity index (χ4n) is 1.71. The third-order valence-corrected chi connectivity index (χ3v) is 2.55. The highest BCUT2D eigenvalue weighted by molar-refractivity contribution is 4.77. The van der Waals surface area contributed by atoms with Gasteiger partial charge in [0.2, 0.25) is 0 Å². The molecule has 2 heteroatoms. The highest BCUT2D eigenvalue weighted by Gasteiger charge is 2.19. The second-order valence-electron chi connectivity index (χ2n) is 4.33. The molecule has 1 radical (unpaired) electrons. The maximum absolute atomic E-state index is 5.88. The van der Waals surface area contributed by atoms with E-state index >= 15 is 0 Å². The highest BCUT2D eigenvalue weighted by atomic mass is 16.5. The highest BCUT2D eigenvalue weighted by Crippen LogP contribution is 2.10. The van der Waals surface area contributed by atoms with Gasteiger partial charge in [0.05, 0.1) is 12.2 Å². The van der Waals surface area contributed by atoms with E-state index < -0.39 is 0 Å². The number of hydrogen-bond acceptors (Lipinski definition) is 2. The normalized spacial score (nSPS) is 15.6. The maximum Gasteiger partial charge on any atom is 0.0728 e. The standard InChI is InChI=1S/C13H28NO/c1-6-9-10-14-12(7-2)13(8-3)15-11(4)5/h11-14H,2,6-10H2,1,3-5H3. The van der Waals surface area contributed by atoms with Crippen LogP contribution in [0.15, 0.2) is 0 Å². The van der Waals surface area contributed by atoms with Crippen molar-refractivity contribution in [2.24, 2.45) is 0 Å². The summed E-state index contributed by atoms with van der Waals surface area (Å²) in [5, 5.41) is 3.54. The molecule has 15 heavy (non-hydrogen) atoms. The van der Waals surface area contributed by atoms with Gasteiger partial charge in [0.15, 0.2) is 0 Å².